The molecule has 1 nitrogen and oxygen atoms in total. The first-order chi connectivity index (χ1) is 4.66. The van der Waals surface area contributed by atoms with Crippen LogP contribution in [0.5, 0.6) is 0 Å². The second-order valence-corrected chi connectivity index (χ2v) is 6.16. The molecule has 0 amide bonds. The van der Waals surface area contributed by atoms with E-state index >= 15 is 0 Å². The van der Waals surface area contributed by atoms with Gasteiger partial charge in [0.1, 0.15) is 0 Å². The number of hydrogen-bond acceptors (Lipinski definition) is 1. The summed E-state index contributed by atoms with van der Waals surface area (Å²) in [5, 5.41) is 0.231. The largest absolute Gasteiger partial charge is 0.406 e. The topological polar surface area (TPSA) is 9.23 Å². The standard InChI is InChI=1S/C6H14Cl2OSi/c1-3-9-10(8)5-4-6(2)7/h6,10H,3-5H2,1-2H3. The average molecular weight is 201 g/mol. The van der Waals surface area contributed by atoms with Gasteiger partial charge in [-0.15, -0.1) is 22.7 Å². The van der Waals surface area contributed by atoms with E-state index in [0.717, 1.165) is 19.1 Å². The van der Waals surface area contributed by atoms with E-state index in [1.807, 2.05) is 13.8 Å². The van der Waals surface area contributed by atoms with Gasteiger partial charge in [-0.05, 0) is 26.3 Å². The van der Waals surface area contributed by atoms with E-state index in [0.29, 0.717) is 0 Å². The van der Waals surface area contributed by atoms with Crippen molar-refractivity contribution in [1.29, 1.82) is 0 Å². The third kappa shape index (κ3) is 6.87. The number of halogens is 2. The van der Waals surface area contributed by atoms with E-state index < -0.39 is 8.35 Å². The molecule has 0 aliphatic carbocycles. The summed E-state index contributed by atoms with van der Waals surface area (Å²) in [6, 6.07) is 0.972. The molecular weight excluding hydrogens is 187 g/mol. The van der Waals surface area contributed by atoms with Crippen LogP contribution in [-0.2, 0) is 4.43 Å². The summed E-state index contributed by atoms with van der Waals surface area (Å²) >= 11 is 11.6. The van der Waals surface area contributed by atoms with Crippen LogP contribution in [0.4, 0.5) is 0 Å². The van der Waals surface area contributed by atoms with E-state index in [4.69, 9.17) is 27.1 Å². The first kappa shape index (κ1) is 10.8. The number of alkyl halides is 1. The van der Waals surface area contributed by atoms with Crippen LogP contribution >= 0.6 is 22.7 Å². The predicted molar refractivity (Wildman–Crippen MR) is 49.4 cm³/mol. The summed E-state index contributed by atoms with van der Waals surface area (Å²) in [7, 11) is -1.37. The molecule has 10 heavy (non-hydrogen) atoms. The highest BCUT2D eigenvalue weighted by Gasteiger charge is 2.07. The molecule has 0 saturated carbocycles. The molecule has 0 spiro atoms. The van der Waals surface area contributed by atoms with Crippen molar-refractivity contribution in [2.75, 3.05) is 6.61 Å². The Balaban J connectivity index is 3.12. The molecule has 0 bridgehead atoms. The van der Waals surface area contributed by atoms with Crippen molar-refractivity contribution in [2.45, 2.75) is 31.7 Å². The molecule has 0 aliphatic heterocycles. The highest BCUT2D eigenvalue weighted by molar-refractivity contribution is 7.03. The fourth-order valence-electron chi connectivity index (χ4n) is 0.625. The lowest BCUT2D eigenvalue weighted by Crippen LogP contribution is -2.11. The molecule has 62 valence electrons. The zero-order chi connectivity index (χ0) is 7.98. The van der Waals surface area contributed by atoms with Gasteiger partial charge < -0.3 is 4.43 Å². The maximum atomic E-state index is 5.88. The van der Waals surface area contributed by atoms with Gasteiger partial charge in [-0.2, -0.15) is 0 Å². The minimum atomic E-state index is -1.37. The highest BCUT2D eigenvalue weighted by atomic mass is 35.6. The minimum absolute atomic E-state index is 0.231. The molecule has 0 aromatic rings. The lowest BCUT2D eigenvalue weighted by molar-refractivity contribution is 0.353. The number of rotatable bonds is 5. The Morgan fingerprint density at radius 3 is 2.60 bits per heavy atom. The Morgan fingerprint density at radius 1 is 1.60 bits per heavy atom. The van der Waals surface area contributed by atoms with Gasteiger partial charge in [0, 0.05) is 12.0 Å². The zero-order valence-corrected chi connectivity index (χ0v) is 9.11. The van der Waals surface area contributed by atoms with E-state index in [1.54, 1.807) is 0 Å². The summed E-state index contributed by atoms with van der Waals surface area (Å²) in [4.78, 5) is 0. The lowest BCUT2D eigenvalue weighted by atomic mass is 10.4. The normalized spacial score (nSPS) is 16.8. The van der Waals surface area contributed by atoms with E-state index in [9.17, 15) is 0 Å². The molecule has 2 unspecified atom stereocenters. The van der Waals surface area contributed by atoms with Gasteiger partial charge in [0.25, 0.3) is 8.35 Å². The Bertz CT molecular complexity index is 80.1. The van der Waals surface area contributed by atoms with Crippen molar-refractivity contribution in [2.24, 2.45) is 0 Å². The van der Waals surface area contributed by atoms with Crippen LogP contribution in [0.1, 0.15) is 20.3 Å². The SMILES string of the molecule is CCO[SiH](Cl)CCC(C)Cl. The Labute approximate surface area is 74.1 Å². The van der Waals surface area contributed by atoms with Crippen LogP contribution in [0.2, 0.25) is 6.04 Å². The molecule has 0 saturated heterocycles. The summed E-state index contributed by atoms with van der Waals surface area (Å²) in [5.41, 5.74) is 0. The summed E-state index contributed by atoms with van der Waals surface area (Å²) in [5.74, 6) is 0. The maximum Gasteiger partial charge on any atom is 0.274 e. The van der Waals surface area contributed by atoms with E-state index in [2.05, 4.69) is 0 Å². The van der Waals surface area contributed by atoms with Gasteiger partial charge in [0.2, 0.25) is 0 Å². The fraction of sp³-hybridized carbons (Fsp3) is 1.00. The van der Waals surface area contributed by atoms with Crippen LogP contribution in [-0.4, -0.2) is 20.3 Å². The van der Waals surface area contributed by atoms with E-state index in [1.165, 1.54) is 0 Å². The van der Waals surface area contributed by atoms with Gasteiger partial charge in [0.15, 0.2) is 0 Å². The number of hydrogen-bond donors (Lipinski definition) is 0. The molecule has 0 radical (unpaired) electrons. The summed E-state index contributed by atoms with van der Waals surface area (Å²) in [6.45, 7) is 4.68. The van der Waals surface area contributed by atoms with Crippen LogP contribution in [0, 0.1) is 0 Å². The molecule has 0 aliphatic rings. The van der Waals surface area contributed by atoms with Crippen LogP contribution in [0.25, 0.3) is 0 Å². The van der Waals surface area contributed by atoms with Crippen molar-refractivity contribution >= 4 is 31.0 Å². The molecular formula is C6H14Cl2OSi. The fourth-order valence-corrected chi connectivity index (χ4v) is 3.01. The molecule has 0 aromatic carbocycles. The first-order valence-corrected chi connectivity index (χ1v) is 7.03. The van der Waals surface area contributed by atoms with Gasteiger partial charge in [0.05, 0.1) is 0 Å². The molecule has 2 atom stereocenters. The van der Waals surface area contributed by atoms with Crippen LogP contribution in [0.3, 0.4) is 0 Å². The van der Waals surface area contributed by atoms with Crippen LogP contribution in [0.15, 0.2) is 0 Å². The second kappa shape index (κ2) is 6.47. The Morgan fingerprint density at radius 2 is 2.20 bits per heavy atom. The third-order valence-electron chi connectivity index (χ3n) is 1.14. The molecule has 0 aromatic heterocycles. The predicted octanol–water partition coefficient (Wildman–Crippen LogP) is 2.50. The third-order valence-corrected chi connectivity index (χ3v) is 3.87. The monoisotopic (exact) mass is 200 g/mol. The molecule has 0 fully saturated rings. The summed E-state index contributed by atoms with van der Waals surface area (Å²) < 4.78 is 5.24. The van der Waals surface area contributed by atoms with Crippen molar-refractivity contribution < 1.29 is 4.43 Å². The molecule has 4 heteroatoms. The van der Waals surface area contributed by atoms with Gasteiger partial charge in [-0.1, -0.05) is 0 Å². The Hall–Kier alpha value is 0.757. The van der Waals surface area contributed by atoms with Crippen molar-refractivity contribution in [3.8, 4) is 0 Å². The molecule has 0 rings (SSSR count). The Kier molecular flexibility index (Phi) is 6.96. The summed E-state index contributed by atoms with van der Waals surface area (Å²) in [6.07, 6.45) is 0.974. The smallest absolute Gasteiger partial charge is 0.274 e. The second-order valence-electron chi connectivity index (χ2n) is 2.22. The highest BCUT2D eigenvalue weighted by Crippen LogP contribution is 2.10. The minimum Gasteiger partial charge on any atom is -0.406 e. The average Bonchev–Trinajstić information content (AvgIpc) is 1.85. The van der Waals surface area contributed by atoms with E-state index in [-0.39, 0.29) is 5.38 Å². The molecule has 0 heterocycles. The first-order valence-electron chi connectivity index (χ1n) is 3.56. The van der Waals surface area contributed by atoms with Crippen molar-refractivity contribution in [1.82, 2.24) is 0 Å². The van der Waals surface area contributed by atoms with Crippen LogP contribution < -0.4 is 0 Å². The van der Waals surface area contributed by atoms with Gasteiger partial charge in [-0.3, -0.25) is 0 Å². The zero-order valence-electron chi connectivity index (χ0n) is 6.44. The van der Waals surface area contributed by atoms with Gasteiger partial charge >= 0.3 is 0 Å². The maximum absolute atomic E-state index is 5.88. The van der Waals surface area contributed by atoms with Crippen molar-refractivity contribution in [3.63, 3.8) is 0 Å². The molecule has 0 N–H and O–H groups in total. The van der Waals surface area contributed by atoms with Crippen molar-refractivity contribution in [3.05, 3.63) is 0 Å². The lowest BCUT2D eigenvalue weighted by Gasteiger charge is -2.07. The quantitative estimate of drug-likeness (QED) is 0.377. The van der Waals surface area contributed by atoms with Gasteiger partial charge in [-0.25, -0.2) is 0 Å².